The molecular formula is C24H33N3O6S. The molecule has 34 heavy (non-hydrogen) atoms. The Morgan fingerprint density at radius 2 is 1.74 bits per heavy atom. The van der Waals surface area contributed by atoms with Crippen molar-refractivity contribution < 1.29 is 27.5 Å². The van der Waals surface area contributed by atoms with Crippen LogP contribution in [-0.4, -0.2) is 64.2 Å². The Morgan fingerprint density at radius 3 is 2.29 bits per heavy atom. The van der Waals surface area contributed by atoms with Crippen LogP contribution in [0.1, 0.15) is 26.3 Å². The number of carbonyl (C=O) groups is 2. The highest BCUT2D eigenvalue weighted by Gasteiger charge is 2.30. The van der Waals surface area contributed by atoms with Crippen molar-refractivity contribution in [2.45, 2.75) is 33.4 Å². The quantitative estimate of drug-likeness (QED) is 0.489. The zero-order valence-corrected chi connectivity index (χ0v) is 21.1. The van der Waals surface area contributed by atoms with Gasteiger partial charge in [0.15, 0.2) is 0 Å². The Kier molecular flexibility index (Phi) is 9.73. The van der Waals surface area contributed by atoms with Crippen molar-refractivity contribution in [2.24, 2.45) is 0 Å². The molecule has 1 N–H and O–H groups in total. The van der Waals surface area contributed by atoms with E-state index < -0.39 is 28.5 Å². The molecule has 0 aliphatic rings. The van der Waals surface area contributed by atoms with Crippen molar-refractivity contribution in [1.82, 2.24) is 10.2 Å². The number of nitrogens with one attached hydrogen (secondary N) is 1. The van der Waals surface area contributed by atoms with Crippen LogP contribution in [0.2, 0.25) is 0 Å². The minimum absolute atomic E-state index is 0.106. The predicted molar refractivity (Wildman–Crippen MR) is 131 cm³/mol. The van der Waals surface area contributed by atoms with Crippen LogP contribution in [0.15, 0.2) is 48.5 Å². The van der Waals surface area contributed by atoms with Crippen LogP contribution in [-0.2, 0) is 26.2 Å². The number of benzene rings is 2. The molecule has 2 aromatic rings. The van der Waals surface area contributed by atoms with E-state index >= 15 is 0 Å². The van der Waals surface area contributed by atoms with Gasteiger partial charge in [-0.2, -0.15) is 0 Å². The van der Waals surface area contributed by atoms with E-state index in [1.54, 1.807) is 63.4 Å². The summed E-state index contributed by atoms with van der Waals surface area (Å²) in [5.74, 6) is 0.366. The molecule has 0 saturated heterocycles. The Hall–Kier alpha value is -3.27. The number of anilines is 1. The van der Waals surface area contributed by atoms with Gasteiger partial charge in [0.1, 0.15) is 24.1 Å². The van der Waals surface area contributed by atoms with E-state index in [0.717, 1.165) is 16.1 Å². The molecule has 2 rings (SSSR count). The second-order valence-corrected chi connectivity index (χ2v) is 9.55. The van der Waals surface area contributed by atoms with Crippen molar-refractivity contribution in [3.8, 4) is 11.5 Å². The molecular weight excluding hydrogens is 458 g/mol. The van der Waals surface area contributed by atoms with Crippen LogP contribution < -0.4 is 19.1 Å². The number of rotatable bonds is 12. The second kappa shape index (κ2) is 12.3. The van der Waals surface area contributed by atoms with E-state index in [1.807, 2.05) is 13.0 Å². The largest absolute Gasteiger partial charge is 0.497 e. The summed E-state index contributed by atoms with van der Waals surface area (Å²) in [4.78, 5) is 27.4. The first-order valence-electron chi connectivity index (χ1n) is 11.0. The molecule has 10 heteroatoms. The summed E-state index contributed by atoms with van der Waals surface area (Å²) in [6.45, 7) is 5.79. The first-order valence-corrected chi connectivity index (χ1v) is 12.9. The normalized spacial score (nSPS) is 11.9. The minimum Gasteiger partial charge on any atom is -0.497 e. The van der Waals surface area contributed by atoms with E-state index in [-0.39, 0.29) is 12.5 Å². The topological polar surface area (TPSA) is 105 Å². The molecule has 0 heterocycles. The lowest BCUT2D eigenvalue weighted by Gasteiger charge is -2.31. The number of amides is 2. The number of likely N-dealkylation sites (N-methyl/N-ethyl adjacent to an activating group) is 1. The van der Waals surface area contributed by atoms with Crippen molar-refractivity contribution in [2.75, 3.05) is 37.4 Å². The fraction of sp³-hybridized carbons (Fsp3) is 0.417. The van der Waals surface area contributed by atoms with Gasteiger partial charge in [-0.3, -0.25) is 13.9 Å². The maximum Gasteiger partial charge on any atom is 0.244 e. The molecule has 9 nitrogen and oxygen atoms in total. The Bertz CT molecular complexity index is 1070. The third-order valence-corrected chi connectivity index (χ3v) is 6.26. The maximum atomic E-state index is 13.4. The lowest BCUT2D eigenvalue weighted by molar-refractivity contribution is -0.139. The molecule has 2 aromatic carbocycles. The molecule has 0 aromatic heterocycles. The van der Waals surface area contributed by atoms with Gasteiger partial charge < -0.3 is 19.7 Å². The molecule has 0 saturated carbocycles. The van der Waals surface area contributed by atoms with Gasteiger partial charge in [-0.1, -0.05) is 12.1 Å². The van der Waals surface area contributed by atoms with Gasteiger partial charge in [-0.05, 0) is 62.7 Å². The van der Waals surface area contributed by atoms with Gasteiger partial charge in [0.2, 0.25) is 21.8 Å². The van der Waals surface area contributed by atoms with Crippen LogP contribution in [0.3, 0.4) is 0 Å². The number of ether oxygens (including phenoxy) is 2. The Morgan fingerprint density at radius 1 is 1.06 bits per heavy atom. The van der Waals surface area contributed by atoms with Gasteiger partial charge in [0.25, 0.3) is 0 Å². The zero-order chi connectivity index (χ0) is 25.3. The summed E-state index contributed by atoms with van der Waals surface area (Å²) in [5.41, 5.74) is 1.07. The Balaban J connectivity index is 2.37. The Labute approximate surface area is 201 Å². The molecule has 0 fully saturated rings. The van der Waals surface area contributed by atoms with Crippen molar-refractivity contribution in [3.63, 3.8) is 0 Å². The van der Waals surface area contributed by atoms with Gasteiger partial charge >= 0.3 is 0 Å². The molecule has 186 valence electrons. The third kappa shape index (κ3) is 7.38. The zero-order valence-electron chi connectivity index (χ0n) is 20.3. The second-order valence-electron chi connectivity index (χ2n) is 7.64. The van der Waals surface area contributed by atoms with Crippen molar-refractivity contribution >= 4 is 27.5 Å². The number of carbonyl (C=O) groups excluding carboxylic acids is 2. The van der Waals surface area contributed by atoms with E-state index in [1.165, 1.54) is 4.90 Å². The van der Waals surface area contributed by atoms with Gasteiger partial charge in [-0.25, -0.2) is 8.42 Å². The van der Waals surface area contributed by atoms with E-state index in [9.17, 15) is 18.0 Å². The van der Waals surface area contributed by atoms with E-state index in [0.29, 0.717) is 30.3 Å². The molecule has 0 unspecified atom stereocenters. The SMILES string of the molecule is CCNC(=O)[C@H](C)N(Cc1cccc(OC)c1)C(=O)CN(c1ccc(OCC)cc1)S(C)(=O)=O. The van der Waals surface area contributed by atoms with E-state index in [4.69, 9.17) is 9.47 Å². The number of hydrogen-bond acceptors (Lipinski definition) is 6. The smallest absolute Gasteiger partial charge is 0.244 e. The van der Waals surface area contributed by atoms with Gasteiger partial charge in [-0.15, -0.1) is 0 Å². The predicted octanol–water partition coefficient (Wildman–Crippen LogP) is 2.41. The fourth-order valence-electron chi connectivity index (χ4n) is 3.36. The molecule has 0 spiro atoms. The maximum absolute atomic E-state index is 13.4. The average molecular weight is 492 g/mol. The minimum atomic E-state index is -3.79. The molecule has 1 atom stereocenters. The molecule has 0 bridgehead atoms. The van der Waals surface area contributed by atoms with Crippen molar-refractivity contribution in [1.29, 1.82) is 0 Å². The monoisotopic (exact) mass is 491 g/mol. The summed E-state index contributed by atoms with van der Waals surface area (Å²) in [5, 5.41) is 2.72. The van der Waals surface area contributed by atoms with Crippen LogP contribution in [0, 0.1) is 0 Å². The molecule has 2 amide bonds. The van der Waals surface area contributed by atoms with Crippen LogP contribution in [0.5, 0.6) is 11.5 Å². The number of methoxy groups -OCH3 is 1. The third-order valence-electron chi connectivity index (χ3n) is 5.12. The standard InChI is InChI=1S/C24H33N3O6S/c1-6-25-24(29)18(3)26(16-19-9-8-10-22(15-19)32-4)23(28)17-27(34(5,30)31)20-11-13-21(14-12-20)33-7-2/h8-15,18H,6-7,16-17H2,1-5H3,(H,25,29)/t18-/m0/s1. The van der Waals surface area contributed by atoms with Crippen LogP contribution >= 0.6 is 0 Å². The van der Waals surface area contributed by atoms with Crippen LogP contribution in [0.4, 0.5) is 5.69 Å². The van der Waals surface area contributed by atoms with Crippen LogP contribution in [0.25, 0.3) is 0 Å². The summed E-state index contributed by atoms with van der Waals surface area (Å²) in [7, 11) is -2.25. The first kappa shape index (κ1) is 27.0. The van der Waals surface area contributed by atoms with Gasteiger partial charge in [0.05, 0.1) is 25.7 Å². The van der Waals surface area contributed by atoms with E-state index in [2.05, 4.69) is 5.32 Å². The molecule has 0 aliphatic carbocycles. The highest BCUT2D eigenvalue weighted by atomic mass is 32.2. The number of nitrogens with zero attached hydrogens (tertiary/aromatic N) is 2. The number of hydrogen-bond donors (Lipinski definition) is 1. The first-order chi connectivity index (χ1) is 16.1. The summed E-state index contributed by atoms with van der Waals surface area (Å²) >= 11 is 0. The molecule has 0 radical (unpaired) electrons. The van der Waals surface area contributed by atoms with Crippen molar-refractivity contribution in [3.05, 3.63) is 54.1 Å². The average Bonchev–Trinajstić information content (AvgIpc) is 2.81. The highest BCUT2D eigenvalue weighted by Crippen LogP contribution is 2.23. The number of sulfonamides is 1. The fourth-order valence-corrected chi connectivity index (χ4v) is 4.21. The summed E-state index contributed by atoms with van der Waals surface area (Å²) in [6, 6.07) is 12.8. The van der Waals surface area contributed by atoms with Gasteiger partial charge in [0, 0.05) is 13.1 Å². The lowest BCUT2D eigenvalue weighted by Crippen LogP contribution is -2.51. The lowest BCUT2D eigenvalue weighted by atomic mass is 10.1. The summed E-state index contributed by atoms with van der Waals surface area (Å²) < 4.78 is 36.8. The molecule has 0 aliphatic heterocycles. The summed E-state index contributed by atoms with van der Waals surface area (Å²) in [6.07, 6.45) is 1.04. The highest BCUT2D eigenvalue weighted by molar-refractivity contribution is 7.92.